The van der Waals surface area contributed by atoms with E-state index in [0.29, 0.717) is 18.0 Å². The Morgan fingerprint density at radius 1 is 1.30 bits per heavy atom. The number of rotatable bonds is 3. The standard InChI is InChI=1S/C16H17ClN2O/c17-12-7-6-11(9-12)10-19-16(20)14-3-1-5-15-13(14)4-2-8-18-15/h1-5,8,11-12H,6-7,9-10H2,(H,19,20). The number of halogens is 1. The molecule has 1 aromatic heterocycles. The molecule has 1 fully saturated rings. The Hall–Kier alpha value is -1.61. The molecular formula is C16H17ClN2O. The summed E-state index contributed by atoms with van der Waals surface area (Å²) in [5.41, 5.74) is 1.54. The van der Waals surface area contributed by atoms with Gasteiger partial charge in [-0.2, -0.15) is 0 Å². The molecule has 1 aromatic carbocycles. The van der Waals surface area contributed by atoms with E-state index in [1.807, 2.05) is 30.3 Å². The van der Waals surface area contributed by atoms with Gasteiger partial charge in [-0.15, -0.1) is 11.6 Å². The number of carbonyl (C=O) groups excluding carboxylic acids is 1. The number of hydrogen-bond donors (Lipinski definition) is 1. The molecule has 3 nitrogen and oxygen atoms in total. The van der Waals surface area contributed by atoms with Crippen LogP contribution in [0.15, 0.2) is 36.5 Å². The molecule has 1 saturated carbocycles. The molecule has 104 valence electrons. The zero-order valence-corrected chi connectivity index (χ0v) is 11.9. The van der Waals surface area contributed by atoms with E-state index in [2.05, 4.69) is 10.3 Å². The summed E-state index contributed by atoms with van der Waals surface area (Å²) in [7, 11) is 0. The minimum absolute atomic E-state index is 0.0263. The molecule has 20 heavy (non-hydrogen) atoms. The predicted molar refractivity (Wildman–Crippen MR) is 81.1 cm³/mol. The number of pyridine rings is 1. The molecule has 1 aliphatic rings. The van der Waals surface area contributed by atoms with E-state index in [1.54, 1.807) is 6.20 Å². The molecule has 0 aliphatic heterocycles. The van der Waals surface area contributed by atoms with E-state index in [9.17, 15) is 4.79 Å². The van der Waals surface area contributed by atoms with Crippen LogP contribution in [0, 0.1) is 5.92 Å². The van der Waals surface area contributed by atoms with Crippen molar-refractivity contribution in [1.29, 1.82) is 0 Å². The summed E-state index contributed by atoms with van der Waals surface area (Å²) >= 11 is 6.10. The van der Waals surface area contributed by atoms with Gasteiger partial charge in [-0.25, -0.2) is 0 Å². The van der Waals surface area contributed by atoms with E-state index in [0.717, 1.165) is 30.2 Å². The normalized spacial score (nSPS) is 22.1. The maximum Gasteiger partial charge on any atom is 0.251 e. The molecule has 2 unspecified atom stereocenters. The fourth-order valence-corrected chi connectivity index (χ4v) is 3.21. The third-order valence-electron chi connectivity index (χ3n) is 3.92. The Bertz CT molecular complexity index is 623. The van der Waals surface area contributed by atoms with Gasteiger partial charge in [-0.05, 0) is 43.4 Å². The van der Waals surface area contributed by atoms with Crippen molar-refractivity contribution in [3.8, 4) is 0 Å². The lowest BCUT2D eigenvalue weighted by molar-refractivity contribution is 0.0949. The van der Waals surface area contributed by atoms with Crippen LogP contribution >= 0.6 is 11.6 Å². The van der Waals surface area contributed by atoms with Crippen LogP contribution in [0.5, 0.6) is 0 Å². The smallest absolute Gasteiger partial charge is 0.251 e. The molecule has 0 spiro atoms. The predicted octanol–water partition coefficient (Wildman–Crippen LogP) is 3.37. The summed E-state index contributed by atoms with van der Waals surface area (Å²) in [6.07, 6.45) is 4.90. The Kier molecular flexibility index (Phi) is 3.88. The number of benzene rings is 1. The summed E-state index contributed by atoms with van der Waals surface area (Å²) < 4.78 is 0. The molecular weight excluding hydrogens is 272 g/mol. The minimum atomic E-state index is -0.0263. The van der Waals surface area contributed by atoms with Gasteiger partial charge in [0.25, 0.3) is 5.91 Å². The first kappa shape index (κ1) is 13.4. The van der Waals surface area contributed by atoms with Crippen LogP contribution in [-0.2, 0) is 0 Å². The third kappa shape index (κ3) is 2.78. The highest BCUT2D eigenvalue weighted by Gasteiger charge is 2.23. The molecule has 4 heteroatoms. The summed E-state index contributed by atoms with van der Waals surface area (Å²) in [5.74, 6) is 0.483. The van der Waals surface area contributed by atoms with Gasteiger partial charge < -0.3 is 5.32 Å². The molecule has 2 aromatic rings. The van der Waals surface area contributed by atoms with E-state index in [-0.39, 0.29) is 11.3 Å². The molecule has 0 saturated heterocycles. The highest BCUT2D eigenvalue weighted by molar-refractivity contribution is 6.20. The van der Waals surface area contributed by atoms with Crippen LogP contribution in [0.1, 0.15) is 29.6 Å². The first-order valence-electron chi connectivity index (χ1n) is 7.00. The first-order valence-corrected chi connectivity index (χ1v) is 7.43. The van der Waals surface area contributed by atoms with Crippen LogP contribution in [-0.4, -0.2) is 22.8 Å². The lowest BCUT2D eigenvalue weighted by atomic mass is 10.1. The highest BCUT2D eigenvalue weighted by Crippen LogP contribution is 2.28. The maximum atomic E-state index is 12.3. The molecule has 1 amide bonds. The average Bonchev–Trinajstić information content (AvgIpc) is 2.90. The Balaban J connectivity index is 1.72. The Morgan fingerprint density at radius 2 is 2.20 bits per heavy atom. The van der Waals surface area contributed by atoms with E-state index >= 15 is 0 Å². The van der Waals surface area contributed by atoms with E-state index < -0.39 is 0 Å². The van der Waals surface area contributed by atoms with Crippen molar-refractivity contribution in [1.82, 2.24) is 10.3 Å². The second-order valence-electron chi connectivity index (χ2n) is 5.36. The van der Waals surface area contributed by atoms with Crippen molar-refractivity contribution < 1.29 is 4.79 Å². The number of nitrogens with zero attached hydrogens (tertiary/aromatic N) is 1. The zero-order valence-electron chi connectivity index (χ0n) is 11.2. The topological polar surface area (TPSA) is 42.0 Å². The third-order valence-corrected chi connectivity index (χ3v) is 4.32. The quantitative estimate of drug-likeness (QED) is 0.880. The minimum Gasteiger partial charge on any atom is -0.352 e. The molecule has 1 heterocycles. The van der Waals surface area contributed by atoms with Gasteiger partial charge in [-0.3, -0.25) is 9.78 Å². The molecule has 0 radical (unpaired) electrons. The van der Waals surface area contributed by atoms with Gasteiger partial charge in [0.2, 0.25) is 0 Å². The number of aromatic nitrogens is 1. The molecule has 1 N–H and O–H groups in total. The van der Waals surface area contributed by atoms with Crippen molar-refractivity contribution in [2.75, 3.05) is 6.54 Å². The fraction of sp³-hybridized carbons (Fsp3) is 0.375. The van der Waals surface area contributed by atoms with Crippen LogP contribution in [0.3, 0.4) is 0 Å². The maximum absolute atomic E-state index is 12.3. The number of nitrogens with one attached hydrogen (secondary N) is 1. The summed E-state index contributed by atoms with van der Waals surface area (Å²) in [6, 6.07) is 9.42. The van der Waals surface area contributed by atoms with Crippen molar-refractivity contribution >= 4 is 28.4 Å². The molecule has 0 bridgehead atoms. The Morgan fingerprint density at radius 3 is 3.00 bits per heavy atom. The van der Waals surface area contributed by atoms with E-state index in [1.165, 1.54) is 0 Å². The summed E-state index contributed by atoms with van der Waals surface area (Å²) in [4.78, 5) is 16.6. The number of fused-ring (bicyclic) bond motifs is 1. The van der Waals surface area contributed by atoms with Crippen molar-refractivity contribution in [2.24, 2.45) is 5.92 Å². The second kappa shape index (κ2) is 5.80. The van der Waals surface area contributed by atoms with Crippen molar-refractivity contribution in [3.05, 3.63) is 42.1 Å². The van der Waals surface area contributed by atoms with Crippen LogP contribution in [0.25, 0.3) is 10.9 Å². The number of amides is 1. The lowest BCUT2D eigenvalue weighted by Crippen LogP contribution is -2.28. The molecule has 3 rings (SSSR count). The van der Waals surface area contributed by atoms with Gasteiger partial charge in [0.1, 0.15) is 0 Å². The van der Waals surface area contributed by atoms with Gasteiger partial charge in [0, 0.05) is 29.1 Å². The molecule has 2 atom stereocenters. The average molecular weight is 289 g/mol. The Labute approximate surface area is 123 Å². The zero-order chi connectivity index (χ0) is 13.9. The lowest BCUT2D eigenvalue weighted by Gasteiger charge is -2.12. The molecule has 1 aliphatic carbocycles. The number of carbonyl (C=O) groups is 1. The number of hydrogen-bond acceptors (Lipinski definition) is 2. The summed E-state index contributed by atoms with van der Waals surface area (Å²) in [5, 5.41) is 4.20. The van der Waals surface area contributed by atoms with Gasteiger partial charge in [0.05, 0.1) is 5.52 Å². The van der Waals surface area contributed by atoms with Gasteiger partial charge in [0.15, 0.2) is 0 Å². The van der Waals surface area contributed by atoms with Crippen molar-refractivity contribution in [2.45, 2.75) is 24.6 Å². The highest BCUT2D eigenvalue weighted by atomic mass is 35.5. The van der Waals surface area contributed by atoms with Gasteiger partial charge in [-0.1, -0.05) is 12.1 Å². The van der Waals surface area contributed by atoms with Crippen LogP contribution < -0.4 is 5.32 Å². The fourth-order valence-electron chi connectivity index (χ4n) is 2.83. The van der Waals surface area contributed by atoms with E-state index in [4.69, 9.17) is 11.6 Å². The second-order valence-corrected chi connectivity index (χ2v) is 5.98. The van der Waals surface area contributed by atoms with Crippen LogP contribution in [0.2, 0.25) is 0 Å². The largest absolute Gasteiger partial charge is 0.352 e. The SMILES string of the molecule is O=C(NCC1CCC(Cl)C1)c1cccc2ncccc12. The summed E-state index contributed by atoms with van der Waals surface area (Å²) in [6.45, 7) is 0.707. The monoisotopic (exact) mass is 288 g/mol. The van der Waals surface area contributed by atoms with Crippen molar-refractivity contribution in [3.63, 3.8) is 0 Å². The number of alkyl halides is 1. The first-order chi connectivity index (χ1) is 9.74. The van der Waals surface area contributed by atoms with Gasteiger partial charge >= 0.3 is 0 Å². The van der Waals surface area contributed by atoms with Crippen LogP contribution in [0.4, 0.5) is 0 Å².